The molecule has 0 unspecified atom stereocenters. The first-order chi connectivity index (χ1) is 13.6. The van der Waals surface area contributed by atoms with Crippen LogP contribution in [-0.4, -0.2) is 40.8 Å². The summed E-state index contributed by atoms with van der Waals surface area (Å²) in [4.78, 5) is 14.9. The first-order valence-corrected chi connectivity index (χ1v) is 9.38. The molecule has 6 heteroatoms. The summed E-state index contributed by atoms with van der Waals surface area (Å²) in [5.41, 5.74) is 4.42. The number of nitrogens with zero attached hydrogens (tertiary/aromatic N) is 3. The van der Waals surface area contributed by atoms with Gasteiger partial charge >= 0.3 is 0 Å². The Morgan fingerprint density at radius 1 is 1.25 bits per heavy atom. The highest BCUT2D eigenvalue weighted by atomic mass is 16.5. The predicted octanol–water partition coefficient (Wildman–Crippen LogP) is 3.01. The van der Waals surface area contributed by atoms with Gasteiger partial charge in [0.1, 0.15) is 5.75 Å². The first kappa shape index (κ1) is 18.3. The molecule has 2 aromatic carbocycles. The van der Waals surface area contributed by atoms with Gasteiger partial charge in [0.15, 0.2) is 0 Å². The highest BCUT2D eigenvalue weighted by Crippen LogP contribution is 2.36. The molecule has 1 atom stereocenters. The summed E-state index contributed by atoms with van der Waals surface area (Å²) in [5.74, 6) is 0.778. The number of hydrogen-bond donors (Lipinski definition) is 1. The summed E-state index contributed by atoms with van der Waals surface area (Å²) in [6, 6.07) is 16.6. The van der Waals surface area contributed by atoms with Crippen LogP contribution in [0.25, 0.3) is 0 Å². The number of rotatable bonds is 5. The molecular weight excluding hydrogens is 352 g/mol. The number of methoxy groups -OCH3 is 1. The zero-order chi connectivity index (χ0) is 19.5. The molecule has 4 rings (SSSR count). The molecule has 0 spiro atoms. The van der Waals surface area contributed by atoms with Gasteiger partial charge < -0.3 is 10.1 Å². The molecule has 144 valence electrons. The molecule has 0 bridgehead atoms. The highest BCUT2D eigenvalue weighted by molar-refractivity contribution is 5.92. The van der Waals surface area contributed by atoms with E-state index >= 15 is 0 Å². The van der Waals surface area contributed by atoms with E-state index in [2.05, 4.69) is 51.7 Å². The molecule has 1 aliphatic rings. The fourth-order valence-electron chi connectivity index (χ4n) is 3.86. The van der Waals surface area contributed by atoms with E-state index in [4.69, 9.17) is 4.74 Å². The number of anilines is 1. The summed E-state index contributed by atoms with van der Waals surface area (Å²) in [6.07, 6.45) is 4.38. The largest absolute Gasteiger partial charge is 0.497 e. The molecule has 0 saturated heterocycles. The number of fused-ring (bicyclic) bond motifs is 1. The van der Waals surface area contributed by atoms with Crippen molar-refractivity contribution in [2.45, 2.75) is 12.5 Å². The molecule has 1 amide bonds. The van der Waals surface area contributed by atoms with Gasteiger partial charge in [-0.25, -0.2) is 0 Å². The van der Waals surface area contributed by atoms with Crippen LogP contribution in [0.1, 0.15) is 22.7 Å². The molecule has 28 heavy (non-hydrogen) atoms. The number of carbonyl (C=O) groups is 1. The third-order valence-corrected chi connectivity index (χ3v) is 5.13. The number of aryl methyl sites for hydroxylation is 1. The van der Waals surface area contributed by atoms with Crippen molar-refractivity contribution < 1.29 is 9.53 Å². The second kappa shape index (κ2) is 7.86. The number of carbonyl (C=O) groups excluding carboxylic acids is 1. The quantitative estimate of drug-likeness (QED) is 0.744. The van der Waals surface area contributed by atoms with Crippen molar-refractivity contribution in [3.63, 3.8) is 0 Å². The fourth-order valence-corrected chi connectivity index (χ4v) is 3.86. The monoisotopic (exact) mass is 376 g/mol. The molecule has 0 radical (unpaired) electrons. The molecule has 1 aromatic heterocycles. The average molecular weight is 376 g/mol. The average Bonchev–Trinajstić information content (AvgIpc) is 3.12. The second-order valence-electron chi connectivity index (χ2n) is 7.05. The number of hydrogen-bond acceptors (Lipinski definition) is 4. The SMILES string of the molecule is COc1cccc([C@@H]2c3ccccc3CCN2CC(=O)Nc2cnn(C)c2)c1. The van der Waals surface area contributed by atoms with E-state index in [9.17, 15) is 4.79 Å². The molecule has 1 N–H and O–H groups in total. The molecular formula is C22H24N4O2. The van der Waals surface area contributed by atoms with Crippen LogP contribution in [0.5, 0.6) is 5.75 Å². The minimum atomic E-state index is -0.0414. The fraction of sp³-hybridized carbons (Fsp3) is 0.273. The minimum Gasteiger partial charge on any atom is -0.497 e. The van der Waals surface area contributed by atoms with Gasteiger partial charge in [0.25, 0.3) is 0 Å². The Hall–Kier alpha value is -3.12. The van der Waals surface area contributed by atoms with Crippen molar-refractivity contribution >= 4 is 11.6 Å². The van der Waals surface area contributed by atoms with Gasteiger partial charge in [-0.05, 0) is 35.2 Å². The third kappa shape index (κ3) is 3.77. The van der Waals surface area contributed by atoms with Gasteiger partial charge in [-0.3, -0.25) is 14.4 Å². The van der Waals surface area contributed by atoms with Crippen LogP contribution in [0.2, 0.25) is 0 Å². The molecule has 3 aromatic rings. The normalized spacial score (nSPS) is 16.4. The third-order valence-electron chi connectivity index (χ3n) is 5.13. The summed E-state index contributed by atoms with van der Waals surface area (Å²) in [5, 5.41) is 7.04. The maximum atomic E-state index is 12.7. The van der Waals surface area contributed by atoms with Crippen molar-refractivity contribution in [3.8, 4) is 5.75 Å². The van der Waals surface area contributed by atoms with Gasteiger partial charge in [-0.2, -0.15) is 5.10 Å². The lowest BCUT2D eigenvalue weighted by Gasteiger charge is -2.37. The molecule has 1 aliphatic heterocycles. The van der Waals surface area contributed by atoms with E-state index in [-0.39, 0.29) is 11.9 Å². The standard InChI is InChI=1S/C22H24N4O2/c1-25-14-18(13-23-25)24-21(27)15-26-11-10-16-6-3-4-9-20(16)22(26)17-7-5-8-19(12-17)28-2/h3-9,12-14,22H,10-11,15H2,1-2H3,(H,24,27)/t22-/m1/s1. The Labute approximate surface area is 164 Å². The Balaban J connectivity index is 1.62. The zero-order valence-electron chi connectivity index (χ0n) is 16.1. The lowest BCUT2D eigenvalue weighted by Crippen LogP contribution is -2.41. The summed E-state index contributed by atoms with van der Waals surface area (Å²) < 4.78 is 7.10. The maximum Gasteiger partial charge on any atom is 0.238 e. The van der Waals surface area contributed by atoms with E-state index in [0.29, 0.717) is 12.2 Å². The molecule has 2 heterocycles. The Morgan fingerprint density at radius 2 is 2.11 bits per heavy atom. The first-order valence-electron chi connectivity index (χ1n) is 9.38. The van der Waals surface area contributed by atoms with Crippen molar-refractivity contribution in [1.82, 2.24) is 14.7 Å². The van der Waals surface area contributed by atoms with E-state index in [0.717, 1.165) is 24.3 Å². The second-order valence-corrected chi connectivity index (χ2v) is 7.05. The van der Waals surface area contributed by atoms with E-state index < -0.39 is 0 Å². The number of ether oxygens (including phenoxy) is 1. The number of nitrogens with one attached hydrogen (secondary N) is 1. The number of amides is 1. The predicted molar refractivity (Wildman–Crippen MR) is 108 cm³/mol. The van der Waals surface area contributed by atoms with Crippen LogP contribution in [-0.2, 0) is 18.3 Å². The zero-order valence-corrected chi connectivity index (χ0v) is 16.1. The summed E-state index contributed by atoms with van der Waals surface area (Å²) in [6.45, 7) is 1.13. The lowest BCUT2D eigenvalue weighted by atomic mass is 9.88. The van der Waals surface area contributed by atoms with Gasteiger partial charge in [-0.15, -0.1) is 0 Å². The lowest BCUT2D eigenvalue weighted by molar-refractivity contribution is -0.117. The van der Waals surface area contributed by atoms with Crippen LogP contribution in [0.4, 0.5) is 5.69 Å². The maximum absolute atomic E-state index is 12.7. The van der Waals surface area contributed by atoms with Crippen molar-refractivity contribution in [3.05, 3.63) is 77.6 Å². The van der Waals surface area contributed by atoms with Gasteiger partial charge in [0, 0.05) is 19.8 Å². The molecule has 0 saturated carbocycles. The molecule has 0 aliphatic carbocycles. The topological polar surface area (TPSA) is 59.4 Å². The van der Waals surface area contributed by atoms with Gasteiger partial charge in [0.05, 0.1) is 31.6 Å². The molecule has 0 fully saturated rings. The van der Waals surface area contributed by atoms with Crippen LogP contribution in [0.3, 0.4) is 0 Å². The van der Waals surface area contributed by atoms with Crippen LogP contribution < -0.4 is 10.1 Å². The van der Waals surface area contributed by atoms with E-state index in [1.165, 1.54) is 11.1 Å². The smallest absolute Gasteiger partial charge is 0.238 e. The highest BCUT2D eigenvalue weighted by Gasteiger charge is 2.30. The molecule has 6 nitrogen and oxygen atoms in total. The summed E-state index contributed by atoms with van der Waals surface area (Å²) in [7, 11) is 3.50. The minimum absolute atomic E-state index is 0.0136. The van der Waals surface area contributed by atoms with E-state index in [1.54, 1.807) is 24.2 Å². The van der Waals surface area contributed by atoms with Crippen molar-refractivity contribution in [1.29, 1.82) is 0 Å². The van der Waals surface area contributed by atoms with Crippen LogP contribution >= 0.6 is 0 Å². The van der Waals surface area contributed by atoms with E-state index in [1.807, 2.05) is 19.2 Å². The van der Waals surface area contributed by atoms with Gasteiger partial charge in [-0.1, -0.05) is 36.4 Å². The number of aromatic nitrogens is 2. The van der Waals surface area contributed by atoms with Crippen LogP contribution in [0.15, 0.2) is 60.9 Å². The summed E-state index contributed by atoms with van der Waals surface area (Å²) >= 11 is 0. The van der Waals surface area contributed by atoms with Crippen molar-refractivity contribution in [2.75, 3.05) is 25.5 Å². The van der Waals surface area contributed by atoms with Crippen molar-refractivity contribution in [2.24, 2.45) is 7.05 Å². The Kier molecular flexibility index (Phi) is 5.12. The Bertz CT molecular complexity index is 982. The van der Waals surface area contributed by atoms with Gasteiger partial charge in [0.2, 0.25) is 5.91 Å². The Morgan fingerprint density at radius 3 is 2.89 bits per heavy atom. The van der Waals surface area contributed by atoms with Crippen LogP contribution in [0, 0.1) is 0 Å². The number of benzene rings is 2.